The smallest absolute Gasteiger partial charge is 0.261 e. The van der Waals surface area contributed by atoms with Crippen molar-refractivity contribution in [1.82, 2.24) is 15.0 Å². The van der Waals surface area contributed by atoms with Crippen LogP contribution < -0.4 is 15.6 Å². The van der Waals surface area contributed by atoms with Gasteiger partial charge in [-0.3, -0.25) is 4.79 Å². The van der Waals surface area contributed by atoms with E-state index in [1.165, 1.54) is 0 Å². The average molecular weight is 613 g/mol. The number of benzene rings is 2. The summed E-state index contributed by atoms with van der Waals surface area (Å²) in [5, 5.41) is 13.8. The molecule has 4 rings (SSSR count). The van der Waals surface area contributed by atoms with Crippen molar-refractivity contribution in [2.45, 2.75) is 6.10 Å². The normalized spacial score (nSPS) is 12.2. The van der Waals surface area contributed by atoms with Crippen molar-refractivity contribution >= 4 is 64.5 Å². The van der Waals surface area contributed by atoms with Gasteiger partial charge < -0.3 is 25.1 Å². The van der Waals surface area contributed by atoms with Gasteiger partial charge in [-0.2, -0.15) is 0 Å². The fourth-order valence-corrected chi connectivity index (χ4v) is 5.11. The van der Waals surface area contributed by atoms with Gasteiger partial charge in [-0.05, 0) is 67.8 Å². The number of imidazole rings is 1. The zero-order valence-corrected chi connectivity index (χ0v) is 20.9. The number of aromatic amines is 2. The van der Waals surface area contributed by atoms with E-state index in [2.05, 4.69) is 68.1 Å². The maximum atomic E-state index is 12.6. The molecule has 2 aromatic heterocycles. The summed E-state index contributed by atoms with van der Waals surface area (Å²) >= 11 is 10.4. The zero-order valence-electron chi connectivity index (χ0n) is 16.2. The fraction of sp³-hybridized carbons (Fsp3) is 0.143. The molecule has 4 N–H and O–H groups in total. The number of nitrogens with one attached hydrogen (secondary N) is 3. The van der Waals surface area contributed by atoms with E-state index in [0.717, 1.165) is 24.5 Å². The van der Waals surface area contributed by atoms with Crippen LogP contribution in [0.25, 0.3) is 22.4 Å². The van der Waals surface area contributed by atoms with Crippen LogP contribution in [0.4, 0.5) is 5.69 Å². The number of H-pyrrole nitrogens is 2. The maximum Gasteiger partial charge on any atom is 0.261 e. The quantitative estimate of drug-likeness (QED) is 0.235. The molecule has 4 aromatic rings. The standard InChI is InChI=1S/C21H17Br3N4O3/c1-31-17-3-2-10(6-12(17)23)16(29)9-26-14-4-5-25-21(30)18(14)20-27-15-8-11(22)7-13(24)19(15)28-20/h2-8,16,29H,9H2,1H3,(H,27,28)(H2,25,26,30). The molecule has 2 aromatic carbocycles. The number of pyridine rings is 1. The van der Waals surface area contributed by atoms with Crippen molar-refractivity contribution in [2.75, 3.05) is 19.0 Å². The topological polar surface area (TPSA) is 103 Å². The van der Waals surface area contributed by atoms with Crippen LogP contribution in [0.5, 0.6) is 5.75 Å². The molecule has 0 saturated carbocycles. The molecule has 1 unspecified atom stereocenters. The van der Waals surface area contributed by atoms with Gasteiger partial charge in [-0.1, -0.05) is 22.0 Å². The van der Waals surface area contributed by atoms with Crippen molar-refractivity contribution in [3.05, 3.63) is 71.9 Å². The Balaban J connectivity index is 1.64. The van der Waals surface area contributed by atoms with Crippen LogP contribution in [0.3, 0.4) is 0 Å². The molecule has 0 aliphatic carbocycles. The predicted molar refractivity (Wildman–Crippen MR) is 132 cm³/mol. The Hall–Kier alpha value is -2.14. The Kier molecular flexibility index (Phi) is 6.52. The molecule has 0 spiro atoms. The van der Waals surface area contributed by atoms with Crippen molar-refractivity contribution in [1.29, 1.82) is 0 Å². The number of hydrogen-bond donors (Lipinski definition) is 4. The first kappa shape index (κ1) is 22.1. The molecule has 0 radical (unpaired) electrons. The minimum Gasteiger partial charge on any atom is -0.496 e. The zero-order chi connectivity index (χ0) is 22.1. The highest BCUT2D eigenvalue weighted by molar-refractivity contribution is 9.11. The number of methoxy groups -OCH3 is 1. The molecule has 7 nitrogen and oxygen atoms in total. The van der Waals surface area contributed by atoms with Crippen molar-refractivity contribution < 1.29 is 9.84 Å². The Morgan fingerprint density at radius 1 is 1.16 bits per heavy atom. The number of aliphatic hydroxyl groups is 1. The van der Waals surface area contributed by atoms with Gasteiger partial charge in [0.2, 0.25) is 0 Å². The highest BCUT2D eigenvalue weighted by Crippen LogP contribution is 2.31. The van der Waals surface area contributed by atoms with Crippen molar-refractivity contribution in [3.8, 4) is 17.1 Å². The second-order valence-corrected chi connectivity index (χ2v) is 9.38. The number of aromatic nitrogens is 3. The molecule has 0 aliphatic rings. The first-order chi connectivity index (χ1) is 14.9. The average Bonchev–Trinajstić information content (AvgIpc) is 3.15. The van der Waals surface area contributed by atoms with Gasteiger partial charge in [0.05, 0.1) is 28.9 Å². The highest BCUT2D eigenvalue weighted by atomic mass is 79.9. The monoisotopic (exact) mass is 610 g/mol. The van der Waals surface area contributed by atoms with E-state index >= 15 is 0 Å². The van der Waals surface area contributed by atoms with Crippen LogP contribution in [0, 0.1) is 0 Å². The van der Waals surface area contributed by atoms with Crippen LogP contribution in [-0.2, 0) is 0 Å². The van der Waals surface area contributed by atoms with E-state index in [1.807, 2.05) is 12.1 Å². The van der Waals surface area contributed by atoms with Gasteiger partial charge >= 0.3 is 0 Å². The van der Waals surface area contributed by atoms with E-state index in [9.17, 15) is 9.90 Å². The molecule has 10 heteroatoms. The van der Waals surface area contributed by atoms with Gasteiger partial charge in [0.25, 0.3) is 5.56 Å². The lowest BCUT2D eigenvalue weighted by Gasteiger charge is -2.16. The van der Waals surface area contributed by atoms with Gasteiger partial charge in [-0.25, -0.2) is 4.98 Å². The third-order valence-corrected chi connectivity index (χ3v) is 6.43. The van der Waals surface area contributed by atoms with Gasteiger partial charge in [-0.15, -0.1) is 0 Å². The molecule has 1 atom stereocenters. The molecule has 0 aliphatic heterocycles. The second-order valence-electron chi connectivity index (χ2n) is 6.76. The number of fused-ring (bicyclic) bond motifs is 1. The van der Waals surface area contributed by atoms with E-state index < -0.39 is 6.10 Å². The number of hydrogen-bond acceptors (Lipinski definition) is 5. The summed E-state index contributed by atoms with van der Waals surface area (Å²) in [7, 11) is 1.58. The summed E-state index contributed by atoms with van der Waals surface area (Å²) in [6.07, 6.45) is 0.759. The van der Waals surface area contributed by atoms with Crippen LogP contribution >= 0.6 is 47.8 Å². The largest absolute Gasteiger partial charge is 0.496 e. The van der Waals surface area contributed by atoms with Crippen LogP contribution in [0.2, 0.25) is 0 Å². The van der Waals surface area contributed by atoms with Crippen LogP contribution in [0.1, 0.15) is 11.7 Å². The summed E-state index contributed by atoms with van der Waals surface area (Å²) < 4.78 is 7.67. The summed E-state index contributed by atoms with van der Waals surface area (Å²) in [5.41, 5.74) is 2.85. The van der Waals surface area contributed by atoms with E-state index in [4.69, 9.17) is 4.74 Å². The second kappa shape index (κ2) is 9.15. The summed E-state index contributed by atoms with van der Waals surface area (Å²) in [6, 6.07) is 10.9. The molecule has 160 valence electrons. The summed E-state index contributed by atoms with van der Waals surface area (Å²) in [6.45, 7) is 0.199. The molecule has 0 fully saturated rings. The number of rotatable bonds is 6. The Morgan fingerprint density at radius 2 is 1.97 bits per heavy atom. The Morgan fingerprint density at radius 3 is 2.71 bits per heavy atom. The molecular weight excluding hydrogens is 596 g/mol. The molecule has 0 amide bonds. The number of halogens is 3. The number of aliphatic hydroxyl groups excluding tert-OH is 1. The van der Waals surface area contributed by atoms with Crippen molar-refractivity contribution in [3.63, 3.8) is 0 Å². The van der Waals surface area contributed by atoms with E-state index in [1.54, 1.807) is 37.6 Å². The first-order valence-corrected chi connectivity index (χ1v) is 11.6. The van der Waals surface area contributed by atoms with Crippen LogP contribution in [0.15, 0.2) is 60.8 Å². The van der Waals surface area contributed by atoms with Gasteiger partial charge in [0.15, 0.2) is 0 Å². The first-order valence-electron chi connectivity index (χ1n) is 9.19. The molecule has 31 heavy (non-hydrogen) atoms. The third kappa shape index (κ3) is 4.57. The van der Waals surface area contributed by atoms with Gasteiger partial charge in [0, 0.05) is 21.7 Å². The minimum atomic E-state index is -0.796. The number of ether oxygens (including phenoxy) is 1. The summed E-state index contributed by atoms with van der Waals surface area (Å²) in [4.78, 5) is 23.1. The molecule has 0 bridgehead atoms. The highest BCUT2D eigenvalue weighted by Gasteiger charge is 2.17. The lowest BCUT2D eigenvalue weighted by molar-refractivity contribution is 0.191. The minimum absolute atomic E-state index is 0.199. The maximum absolute atomic E-state index is 12.6. The number of nitrogens with zero attached hydrogens (tertiary/aromatic N) is 1. The van der Waals surface area contributed by atoms with Crippen LogP contribution in [-0.4, -0.2) is 33.7 Å². The lowest BCUT2D eigenvalue weighted by Crippen LogP contribution is -2.17. The number of anilines is 1. The summed E-state index contributed by atoms with van der Waals surface area (Å²) in [5.74, 6) is 1.11. The molecular formula is C21H17Br3N4O3. The van der Waals surface area contributed by atoms with E-state index in [0.29, 0.717) is 28.4 Å². The predicted octanol–water partition coefficient (Wildman–Crippen LogP) is 5.36. The lowest BCUT2D eigenvalue weighted by atomic mass is 10.1. The SMILES string of the molecule is COc1ccc(C(O)CNc2cc[nH]c(=O)c2-c2nc3c(Br)cc(Br)cc3[nH]2)cc1Br. The third-order valence-electron chi connectivity index (χ3n) is 4.75. The van der Waals surface area contributed by atoms with Gasteiger partial charge in [0.1, 0.15) is 22.7 Å². The molecule has 2 heterocycles. The van der Waals surface area contributed by atoms with Crippen molar-refractivity contribution in [2.24, 2.45) is 0 Å². The Labute approximate surface area is 202 Å². The Bertz CT molecular complexity index is 1320. The molecule has 0 saturated heterocycles. The van der Waals surface area contributed by atoms with E-state index in [-0.39, 0.29) is 12.1 Å². The fourth-order valence-electron chi connectivity index (χ4n) is 3.24.